The molecule has 51 heavy (non-hydrogen) atoms. The molecule has 2 saturated heterocycles. The molecule has 0 aliphatic carbocycles. The minimum absolute atomic E-state index is 0.124. The van der Waals surface area contributed by atoms with Crippen molar-refractivity contribution in [3.8, 4) is 11.6 Å². The van der Waals surface area contributed by atoms with E-state index in [1.807, 2.05) is 10.3 Å². The Hall–Kier alpha value is -5.19. The molecule has 3 aliphatic rings. The summed E-state index contributed by atoms with van der Waals surface area (Å²) in [4.78, 5) is 57.7. The Balaban J connectivity index is 1.09. The average molecular weight is 777 g/mol. The third-order valence-corrected chi connectivity index (χ3v) is 10.2. The number of halogens is 2. The third-order valence-electron chi connectivity index (χ3n) is 8.69. The molecule has 4 aromatic rings. The van der Waals surface area contributed by atoms with E-state index in [1.165, 1.54) is 35.6 Å². The van der Waals surface area contributed by atoms with Gasteiger partial charge in [-0.3, -0.25) is 14.8 Å². The second kappa shape index (κ2) is 14.6. The number of urea groups is 1. The number of ether oxygens (including phenoxy) is 2. The molecule has 0 spiro atoms. The van der Waals surface area contributed by atoms with Crippen LogP contribution in [0.1, 0.15) is 33.9 Å². The number of carboxylic acid groups (broad SMARTS) is 1. The first-order valence-corrected chi connectivity index (χ1v) is 17.7. The van der Waals surface area contributed by atoms with Crippen molar-refractivity contribution in [3.63, 3.8) is 0 Å². The molecule has 5 heterocycles. The summed E-state index contributed by atoms with van der Waals surface area (Å²) in [6.45, 7) is 4.24. The number of hydrogen-bond acceptors (Lipinski definition) is 11. The van der Waals surface area contributed by atoms with Gasteiger partial charge in [-0.25, -0.2) is 28.7 Å². The first kappa shape index (κ1) is 34.3. The predicted octanol–water partition coefficient (Wildman–Crippen LogP) is 5.46. The van der Waals surface area contributed by atoms with Gasteiger partial charge in [0.2, 0.25) is 5.88 Å². The number of rotatable bonds is 10. The fourth-order valence-electron chi connectivity index (χ4n) is 6.30. The Labute approximate surface area is 304 Å². The van der Waals surface area contributed by atoms with Gasteiger partial charge in [0.1, 0.15) is 17.6 Å². The number of amidine groups is 1. The molecule has 7 rings (SSSR count). The SMILES string of the molecule is CCOC(=O)C1=C(CN2CCN3C(=O)N(c4ccc(Oc5ccc(C(=O)O)cc5)nc4)CC3C2)NC(c2nccs2)=NC1c1ccc(F)cc1Br. The standard InChI is InChI=1S/C35H31BrFN7O6S/c1-2-49-34(47)29-27(40-31(32-38-11-14-51-32)41-30(29)25-9-5-21(37)15-26(25)36)19-42-12-13-43-23(17-42)18-44(35(43)48)22-6-10-28(39-16-22)50-24-7-3-20(4-8-24)33(45)46/h3-11,14-16,23,30H,2,12-13,17-19H2,1H3,(H,40,41)(H,45,46). The zero-order valence-corrected chi connectivity index (χ0v) is 29.6. The number of carbonyl (C=O) groups is 3. The van der Waals surface area contributed by atoms with Crippen LogP contribution in [0.15, 0.2) is 93.1 Å². The van der Waals surface area contributed by atoms with E-state index < -0.39 is 23.8 Å². The van der Waals surface area contributed by atoms with Gasteiger partial charge in [-0.1, -0.05) is 22.0 Å². The third kappa shape index (κ3) is 7.20. The summed E-state index contributed by atoms with van der Waals surface area (Å²) in [6, 6.07) is 12.7. The molecule has 2 unspecified atom stereocenters. The molecule has 0 saturated carbocycles. The van der Waals surface area contributed by atoms with Gasteiger partial charge in [-0.15, -0.1) is 11.3 Å². The van der Waals surface area contributed by atoms with E-state index in [-0.39, 0.29) is 24.2 Å². The normalized spacial score (nSPS) is 19.0. The highest BCUT2D eigenvalue weighted by Crippen LogP contribution is 2.37. The fraction of sp³-hybridized carbons (Fsp3) is 0.257. The number of anilines is 1. The number of amides is 2. The molecule has 2 fully saturated rings. The number of benzene rings is 2. The van der Waals surface area contributed by atoms with E-state index >= 15 is 0 Å². The Morgan fingerprint density at radius 1 is 1.10 bits per heavy atom. The molecule has 2 amide bonds. The first-order valence-electron chi connectivity index (χ1n) is 16.1. The van der Waals surface area contributed by atoms with Crippen LogP contribution >= 0.6 is 27.3 Å². The highest BCUT2D eigenvalue weighted by Gasteiger charge is 2.42. The molecule has 3 aliphatic heterocycles. The largest absolute Gasteiger partial charge is 0.478 e. The van der Waals surface area contributed by atoms with E-state index in [1.54, 1.807) is 54.5 Å². The van der Waals surface area contributed by atoms with E-state index in [4.69, 9.17) is 19.6 Å². The average Bonchev–Trinajstić information content (AvgIpc) is 3.77. The summed E-state index contributed by atoms with van der Waals surface area (Å²) in [6.07, 6.45) is 3.25. The number of hydrogen-bond donors (Lipinski definition) is 2. The van der Waals surface area contributed by atoms with Crippen LogP contribution in [0.25, 0.3) is 0 Å². The van der Waals surface area contributed by atoms with Crippen molar-refractivity contribution in [3.05, 3.63) is 110 Å². The van der Waals surface area contributed by atoms with E-state index in [2.05, 4.69) is 36.1 Å². The van der Waals surface area contributed by atoms with Crippen LogP contribution in [-0.2, 0) is 9.53 Å². The van der Waals surface area contributed by atoms with Crippen LogP contribution in [-0.4, -0.2) is 94.1 Å². The first-order chi connectivity index (χ1) is 24.7. The quantitative estimate of drug-likeness (QED) is 0.199. The van der Waals surface area contributed by atoms with Gasteiger partial charge in [0.25, 0.3) is 0 Å². The molecule has 2 atom stereocenters. The smallest absolute Gasteiger partial charge is 0.338 e. The van der Waals surface area contributed by atoms with Gasteiger partial charge >= 0.3 is 18.0 Å². The predicted molar refractivity (Wildman–Crippen MR) is 190 cm³/mol. The van der Waals surface area contributed by atoms with Crippen molar-refractivity contribution in [2.24, 2.45) is 4.99 Å². The van der Waals surface area contributed by atoms with E-state index in [9.17, 15) is 18.8 Å². The number of pyridine rings is 1. The minimum atomic E-state index is -1.03. The number of nitrogens with zero attached hydrogens (tertiary/aromatic N) is 6. The van der Waals surface area contributed by atoms with Crippen LogP contribution in [0.2, 0.25) is 0 Å². The van der Waals surface area contributed by atoms with Crippen LogP contribution in [0.5, 0.6) is 11.6 Å². The summed E-state index contributed by atoms with van der Waals surface area (Å²) < 4.78 is 25.9. The summed E-state index contributed by atoms with van der Waals surface area (Å²) in [5.74, 6) is -0.746. The number of aromatic nitrogens is 2. The number of carboxylic acids is 1. The van der Waals surface area contributed by atoms with E-state index in [0.717, 1.165) is 0 Å². The Morgan fingerprint density at radius 2 is 1.92 bits per heavy atom. The van der Waals surface area contributed by atoms with Gasteiger partial charge in [-0.2, -0.15) is 0 Å². The zero-order valence-electron chi connectivity index (χ0n) is 27.2. The molecule has 13 nitrogen and oxygen atoms in total. The molecule has 0 radical (unpaired) electrons. The highest BCUT2D eigenvalue weighted by molar-refractivity contribution is 9.10. The maximum Gasteiger partial charge on any atom is 0.338 e. The molecule has 2 N–H and O–H groups in total. The maximum atomic E-state index is 14.1. The zero-order chi connectivity index (χ0) is 35.6. The second-order valence-corrected chi connectivity index (χ2v) is 13.6. The number of fused-ring (bicyclic) bond motifs is 1. The maximum absolute atomic E-state index is 14.1. The lowest BCUT2D eigenvalue weighted by Gasteiger charge is -2.38. The van der Waals surface area contributed by atoms with Gasteiger partial charge in [0.15, 0.2) is 10.8 Å². The second-order valence-electron chi connectivity index (χ2n) is 11.9. The van der Waals surface area contributed by atoms with Crippen molar-refractivity contribution >= 4 is 56.8 Å². The Kier molecular flexibility index (Phi) is 9.79. The molecule has 2 aromatic carbocycles. The van der Waals surface area contributed by atoms with Crippen molar-refractivity contribution in [1.82, 2.24) is 25.1 Å². The number of thiazole rings is 1. The fourth-order valence-corrected chi connectivity index (χ4v) is 7.46. The van der Waals surface area contributed by atoms with Crippen molar-refractivity contribution in [2.45, 2.75) is 19.0 Å². The lowest BCUT2D eigenvalue weighted by atomic mass is 9.95. The van der Waals surface area contributed by atoms with Crippen molar-refractivity contribution in [2.75, 3.05) is 44.2 Å². The molecule has 2 aromatic heterocycles. The molecular formula is C35H31BrFN7O6S. The van der Waals surface area contributed by atoms with E-state index in [0.29, 0.717) is 82.2 Å². The highest BCUT2D eigenvalue weighted by atomic mass is 79.9. The van der Waals surface area contributed by atoms with Crippen LogP contribution in [0.4, 0.5) is 14.9 Å². The van der Waals surface area contributed by atoms with Crippen molar-refractivity contribution < 1.29 is 33.4 Å². The Bertz CT molecular complexity index is 2030. The van der Waals surface area contributed by atoms with Crippen LogP contribution in [0, 0.1) is 5.82 Å². The number of nitrogens with one attached hydrogen (secondary N) is 1. The molecule has 16 heteroatoms. The molecule has 262 valence electrons. The Morgan fingerprint density at radius 3 is 2.61 bits per heavy atom. The monoisotopic (exact) mass is 775 g/mol. The summed E-state index contributed by atoms with van der Waals surface area (Å²) in [5.41, 5.74) is 2.29. The lowest BCUT2D eigenvalue weighted by Crippen LogP contribution is -2.53. The minimum Gasteiger partial charge on any atom is -0.478 e. The number of aliphatic imine (C=N–C) groups is 1. The van der Waals surface area contributed by atoms with Gasteiger partial charge in [-0.05, 0) is 55.0 Å². The number of aromatic carboxylic acids is 1. The number of carbonyl (C=O) groups excluding carboxylic acids is 2. The summed E-state index contributed by atoms with van der Waals surface area (Å²) in [5, 5.41) is 15.0. The topological polar surface area (TPSA) is 150 Å². The van der Waals surface area contributed by atoms with Gasteiger partial charge < -0.3 is 24.8 Å². The van der Waals surface area contributed by atoms with Crippen molar-refractivity contribution in [1.29, 1.82) is 0 Å². The van der Waals surface area contributed by atoms with Gasteiger partial charge in [0, 0.05) is 60.5 Å². The van der Waals surface area contributed by atoms with Crippen LogP contribution in [0.3, 0.4) is 0 Å². The molecular weight excluding hydrogens is 745 g/mol. The molecule has 0 bridgehead atoms. The van der Waals surface area contributed by atoms with Crippen LogP contribution < -0.4 is 15.0 Å². The lowest BCUT2D eigenvalue weighted by molar-refractivity contribution is -0.139. The summed E-state index contributed by atoms with van der Waals surface area (Å²) in [7, 11) is 0. The number of piperazine rings is 1. The summed E-state index contributed by atoms with van der Waals surface area (Å²) >= 11 is 4.88. The number of esters is 1. The van der Waals surface area contributed by atoms with Gasteiger partial charge in [0.05, 0.1) is 35.7 Å².